The average molecular weight is 127 g/mol. The molecule has 0 aromatic carbocycles. The van der Waals surface area contributed by atoms with Crippen LogP contribution in [0.5, 0.6) is 5.75 Å². The number of aromatic hydroxyl groups is 1. The number of hydrogen-bond acceptors (Lipinski definition) is 4. The van der Waals surface area contributed by atoms with Gasteiger partial charge in [-0.1, -0.05) is 0 Å². The molecule has 0 amide bonds. The first-order chi connectivity index (χ1) is 4.22. The molecule has 9 heavy (non-hydrogen) atoms. The second-order valence-electron chi connectivity index (χ2n) is 1.50. The molecule has 0 spiro atoms. The highest BCUT2D eigenvalue weighted by Crippen LogP contribution is 2.10. The lowest BCUT2D eigenvalue weighted by Gasteiger charge is -1.91. The summed E-state index contributed by atoms with van der Waals surface area (Å²) in [4.78, 5) is 10.4. The molecule has 1 heterocycles. The molecule has 3 N–H and O–H groups in total. The minimum atomic E-state index is -0.530. The summed E-state index contributed by atoms with van der Waals surface area (Å²) in [6, 6.07) is 1.09. The summed E-state index contributed by atoms with van der Waals surface area (Å²) < 4.78 is 4.47. The van der Waals surface area contributed by atoms with Crippen molar-refractivity contribution in [1.82, 2.24) is 0 Å². The van der Waals surface area contributed by atoms with Crippen LogP contribution in [-0.4, -0.2) is 5.11 Å². The van der Waals surface area contributed by atoms with E-state index in [2.05, 4.69) is 4.42 Å². The van der Waals surface area contributed by atoms with Crippen molar-refractivity contribution in [3.8, 4) is 5.75 Å². The summed E-state index contributed by atoms with van der Waals surface area (Å²) in [6.07, 6.45) is 1.12. The minimum Gasteiger partial charge on any atom is -0.500 e. The lowest BCUT2D eigenvalue weighted by Crippen LogP contribution is -1.99. The molecule has 48 valence electrons. The van der Waals surface area contributed by atoms with Crippen LogP contribution >= 0.6 is 0 Å². The van der Waals surface area contributed by atoms with E-state index in [9.17, 15) is 4.79 Å². The molecule has 4 nitrogen and oxygen atoms in total. The van der Waals surface area contributed by atoms with Crippen molar-refractivity contribution in [3.05, 3.63) is 22.6 Å². The smallest absolute Gasteiger partial charge is 0.236 e. The molecule has 0 saturated heterocycles. The lowest BCUT2D eigenvalue weighted by molar-refractivity contribution is 0.441. The highest BCUT2D eigenvalue weighted by atomic mass is 16.4. The molecule has 0 bridgehead atoms. The van der Waals surface area contributed by atoms with Gasteiger partial charge >= 0.3 is 0 Å². The molecular formula is C5H5NO3. The van der Waals surface area contributed by atoms with Crippen LogP contribution in [-0.2, 0) is 0 Å². The molecule has 1 aromatic rings. The van der Waals surface area contributed by atoms with E-state index in [1.165, 1.54) is 0 Å². The fraction of sp³-hybridized carbons (Fsp3) is 0. The molecule has 1 rings (SSSR count). The zero-order valence-corrected chi connectivity index (χ0v) is 4.50. The molecule has 0 radical (unpaired) electrons. The Bertz CT molecular complexity index is 265. The first-order valence-corrected chi connectivity index (χ1v) is 2.28. The number of rotatable bonds is 0. The van der Waals surface area contributed by atoms with Crippen LogP contribution < -0.4 is 11.2 Å². The number of hydrogen-bond donors (Lipinski definition) is 2. The maximum absolute atomic E-state index is 10.4. The molecule has 1 aromatic heterocycles. The third-order valence-corrected chi connectivity index (χ3v) is 0.881. The topological polar surface area (TPSA) is 76.5 Å². The van der Waals surface area contributed by atoms with E-state index in [4.69, 9.17) is 10.8 Å². The zero-order chi connectivity index (χ0) is 6.85. The van der Waals surface area contributed by atoms with Crippen LogP contribution in [0, 0.1) is 0 Å². The SMILES string of the molecule is Nc1occc(=O)c1O. The van der Waals surface area contributed by atoms with Crippen LogP contribution in [0.15, 0.2) is 21.5 Å². The Hall–Kier alpha value is -1.45. The molecular weight excluding hydrogens is 122 g/mol. The van der Waals surface area contributed by atoms with E-state index in [-0.39, 0.29) is 5.88 Å². The summed E-state index contributed by atoms with van der Waals surface area (Å²) in [7, 11) is 0. The van der Waals surface area contributed by atoms with Gasteiger partial charge in [-0.3, -0.25) is 4.79 Å². The Balaban J connectivity index is 3.43. The highest BCUT2D eigenvalue weighted by molar-refractivity contribution is 5.39. The zero-order valence-electron chi connectivity index (χ0n) is 4.50. The normalized spacial score (nSPS) is 9.33. The second kappa shape index (κ2) is 1.81. The van der Waals surface area contributed by atoms with Gasteiger partial charge in [-0.05, 0) is 0 Å². The Labute approximate surface area is 50.5 Å². The average Bonchev–Trinajstić information content (AvgIpc) is 1.83. The minimum absolute atomic E-state index is 0.248. The number of anilines is 1. The van der Waals surface area contributed by atoms with Gasteiger partial charge in [-0.2, -0.15) is 0 Å². The second-order valence-corrected chi connectivity index (χ2v) is 1.50. The quantitative estimate of drug-likeness (QED) is 0.511. The van der Waals surface area contributed by atoms with Crippen molar-refractivity contribution in [1.29, 1.82) is 0 Å². The van der Waals surface area contributed by atoms with E-state index < -0.39 is 11.2 Å². The molecule has 0 atom stereocenters. The maximum atomic E-state index is 10.4. The maximum Gasteiger partial charge on any atom is 0.236 e. The summed E-state index contributed by atoms with van der Waals surface area (Å²) >= 11 is 0. The molecule has 0 unspecified atom stereocenters. The van der Waals surface area contributed by atoms with Crippen molar-refractivity contribution in [2.75, 3.05) is 5.73 Å². The molecule has 0 aliphatic heterocycles. The third-order valence-electron chi connectivity index (χ3n) is 0.881. The Morgan fingerprint density at radius 3 is 2.78 bits per heavy atom. The first-order valence-electron chi connectivity index (χ1n) is 2.28. The van der Waals surface area contributed by atoms with Crippen molar-refractivity contribution >= 4 is 5.88 Å². The lowest BCUT2D eigenvalue weighted by atomic mass is 10.4. The van der Waals surface area contributed by atoms with E-state index in [1.807, 2.05) is 0 Å². The van der Waals surface area contributed by atoms with Crippen LogP contribution in [0.2, 0.25) is 0 Å². The van der Waals surface area contributed by atoms with E-state index in [0.29, 0.717) is 0 Å². The highest BCUT2D eigenvalue weighted by Gasteiger charge is 1.99. The molecule has 0 aliphatic rings. The number of nitrogens with two attached hydrogens (primary N) is 1. The molecule has 0 fully saturated rings. The summed E-state index contributed by atoms with van der Waals surface area (Å²) in [6.45, 7) is 0. The predicted molar refractivity (Wildman–Crippen MR) is 31.1 cm³/mol. The van der Waals surface area contributed by atoms with Crippen molar-refractivity contribution in [3.63, 3.8) is 0 Å². The van der Waals surface area contributed by atoms with E-state index in [0.717, 1.165) is 12.3 Å². The van der Waals surface area contributed by atoms with E-state index >= 15 is 0 Å². The Morgan fingerprint density at radius 1 is 1.67 bits per heavy atom. The standard InChI is InChI=1S/C5H5NO3/c6-5-4(8)3(7)1-2-9-5/h1-2,8H,6H2. The molecule has 0 saturated carbocycles. The van der Waals surface area contributed by atoms with Crippen molar-refractivity contribution < 1.29 is 9.52 Å². The van der Waals surface area contributed by atoms with Crippen molar-refractivity contribution in [2.45, 2.75) is 0 Å². The molecule has 4 heteroatoms. The van der Waals surface area contributed by atoms with Gasteiger partial charge in [0.1, 0.15) is 0 Å². The predicted octanol–water partition coefficient (Wildman–Crippen LogP) is -0.0724. The van der Waals surface area contributed by atoms with Gasteiger partial charge in [0.05, 0.1) is 6.26 Å². The van der Waals surface area contributed by atoms with Gasteiger partial charge < -0.3 is 15.3 Å². The fourth-order valence-electron chi connectivity index (χ4n) is 0.425. The summed E-state index contributed by atoms with van der Waals surface area (Å²) in [5.74, 6) is -0.778. The van der Waals surface area contributed by atoms with Gasteiger partial charge in [0.25, 0.3) is 0 Å². The fourth-order valence-corrected chi connectivity index (χ4v) is 0.425. The van der Waals surface area contributed by atoms with Crippen LogP contribution in [0.25, 0.3) is 0 Å². The monoisotopic (exact) mass is 127 g/mol. The summed E-state index contributed by atoms with van der Waals surface area (Å²) in [5.41, 5.74) is 4.48. The van der Waals surface area contributed by atoms with Gasteiger partial charge in [-0.15, -0.1) is 0 Å². The van der Waals surface area contributed by atoms with Gasteiger partial charge in [0.15, 0.2) is 0 Å². The molecule has 0 aliphatic carbocycles. The first kappa shape index (κ1) is 5.68. The van der Waals surface area contributed by atoms with Gasteiger partial charge in [0, 0.05) is 6.07 Å². The Kier molecular flexibility index (Phi) is 1.14. The van der Waals surface area contributed by atoms with Crippen molar-refractivity contribution in [2.24, 2.45) is 0 Å². The van der Waals surface area contributed by atoms with E-state index in [1.54, 1.807) is 0 Å². The summed E-state index contributed by atoms with van der Waals surface area (Å²) in [5, 5.41) is 8.68. The number of nitrogen functional groups attached to an aromatic ring is 1. The van der Waals surface area contributed by atoms with Crippen LogP contribution in [0.4, 0.5) is 5.88 Å². The van der Waals surface area contributed by atoms with Gasteiger partial charge in [0.2, 0.25) is 17.1 Å². The van der Waals surface area contributed by atoms with Gasteiger partial charge in [-0.25, -0.2) is 0 Å². The van der Waals surface area contributed by atoms with Crippen LogP contribution in [0.3, 0.4) is 0 Å². The Morgan fingerprint density at radius 2 is 2.33 bits per heavy atom. The largest absolute Gasteiger partial charge is 0.500 e. The van der Waals surface area contributed by atoms with Crippen LogP contribution in [0.1, 0.15) is 0 Å². The third kappa shape index (κ3) is 0.861.